The number of hydrogen-bond donors (Lipinski definition) is 1. The second kappa shape index (κ2) is 4.49. The van der Waals surface area contributed by atoms with Crippen molar-refractivity contribution in [1.29, 1.82) is 0 Å². The van der Waals surface area contributed by atoms with Gasteiger partial charge in [0, 0.05) is 5.39 Å². The van der Waals surface area contributed by atoms with Crippen LogP contribution in [0.4, 0.5) is 5.82 Å². The molecule has 0 saturated heterocycles. The number of hydrogen-bond acceptors (Lipinski definition) is 2. The zero-order valence-corrected chi connectivity index (χ0v) is 10.0. The summed E-state index contributed by atoms with van der Waals surface area (Å²) >= 11 is 0. The summed E-state index contributed by atoms with van der Waals surface area (Å²) in [4.78, 5) is 4.45. The van der Waals surface area contributed by atoms with Crippen molar-refractivity contribution in [2.45, 2.75) is 6.42 Å². The first-order chi connectivity index (χ1) is 8.83. The van der Waals surface area contributed by atoms with Crippen LogP contribution in [0.2, 0.25) is 0 Å². The average molecular weight is 234 g/mol. The van der Waals surface area contributed by atoms with Crippen molar-refractivity contribution in [2.24, 2.45) is 0 Å². The fourth-order valence-corrected chi connectivity index (χ4v) is 2.18. The van der Waals surface area contributed by atoms with Crippen molar-refractivity contribution >= 4 is 16.7 Å². The number of anilines is 1. The Morgan fingerprint density at radius 3 is 2.50 bits per heavy atom. The van der Waals surface area contributed by atoms with Gasteiger partial charge < -0.3 is 5.73 Å². The monoisotopic (exact) mass is 234 g/mol. The predicted octanol–water partition coefficient (Wildman–Crippen LogP) is 3.41. The minimum absolute atomic E-state index is 0.572. The standard InChI is InChI=1S/C16H14N2/c17-15-10-9-13-7-4-8-14(16(13)18-15)11-12-5-2-1-3-6-12/h1-10H,11H2,(H2,17,18). The second-order valence-corrected chi connectivity index (χ2v) is 4.39. The summed E-state index contributed by atoms with van der Waals surface area (Å²) in [5.74, 6) is 0.572. The number of fused-ring (bicyclic) bond motifs is 1. The molecule has 3 rings (SSSR count). The smallest absolute Gasteiger partial charge is 0.124 e. The van der Waals surface area contributed by atoms with Crippen LogP contribution in [0.25, 0.3) is 10.9 Å². The Hall–Kier alpha value is -2.35. The van der Waals surface area contributed by atoms with E-state index in [0.717, 1.165) is 17.3 Å². The molecule has 2 N–H and O–H groups in total. The van der Waals surface area contributed by atoms with Gasteiger partial charge in [-0.2, -0.15) is 0 Å². The number of nitrogens with two attached hydrogens (primary N) is 1. The summed E-state index contributed by atoms with van der Waals surface area (Å²) in [5, 5.41) is 1.14. The molecule has 0 amide bonds. The highest BCUT2D eigenvalue weighted by molar-refractivity contribution is 5.83. The van der Waals surface area contributed by atoms with Gasteiger partial charge in [-0.1, -0.05) is 48.5 Å². The lowest BCUT2D eigenvalue weighted by Crippen LogP contribution is -1.95. The third-order valence-corrected chi connectivity index (χ3v) is 3.06. The van der Waals surface area contributed by atoms with Gasteiger partial charge in [0.1, 0.15) is 5.82 Å². The number of aromatic nitrogens is 1. The molecular formula is C16H14N2. The summed E-state index contributed by atoms with van der Waals surface area (Å²) in [6, 6.07) is 20.5. The van der Waals surface area contributed by atoms with E-state index in [1.165, 1.54) is 11.1 Å². The first kappa shape index (κ1) is 10.8. The van der Waals surface area contributed by atoms with Crippen LogP contribution in [0.3, 0.4) is 0 Å². The molecule has 0 bridgehead atoms. The molecule has 18 heavy (non-hydrogen) atoms. The molecule has 0 saturated carbocycles. The highest BCUT2D eigenvalue weighted by Gasteiger charge is 2.03. The third kappa shape index (κ3) is 2.05. The molecular weight excluding hydrogens is 220 g/mol. The van der Waals surface area contributed by atoms with Crippen molar-refractivity contribution in [2.75, 3.05) is 5.73 Å². The highest BCUT2D eigenvalue weighted by Crippen LogP contribution is 2.20. The first-order valence-electron chi connectivity index (χ1n) is 6.01. The van der Waals surface area contributed by atoms with Crippen molar-refractivity contribution in [3.05, 3.63) is 71.8 Å². The Balaban J connectivity index is 2.09. The molecule has 3 aromatic rings. The van der Waals surface area contributed by atoms with Crippen LogP contribution in [-0.2, 0) is 6.42 Å². The van der Waals surface area contributed by atoms with Gasteiger partial charge in [0.25, 0.3) is 0 Å². The van der Waals surface area contributed by atoms with Crippen molar-refractivity contribution in [1.82, 2.24) is 4.98 Å². The van der Waals surface area contributed by atoms with Crippen LogP contribution in [0, 0.1) is 0 Å². The van der Waals surface area contributed by atoms with Crippen molar-refractivity contribution < 1.29 is 0 Å². The lowest BCUT2D eigenvalue weighted by atomic mass is 10.0. The van der Waals surface area contributed by atoms with Gasteiger partial charge in [0.15, 0.2) is 0 Å². The molecule has 0 radical (unpaired) electrons. The highest BCUT2D eigenvalue weighted by atomic mass is 14.8. The Morgan fingerprint density at radius 2 is 1.67 bits per heavy atom. The molecule has 0 unspecified atom stereocenters. The maximum Gasteiger partial charge on any atom is 0.124 e. The number of pyridine rings is 1. The molecule has 0 aliphatic carbocycles. The molecule has 0 aliphatic heterocycles. The Labute approximate surface area is 106 Å². The molecule has 0 spiro atoms. The third-order valence-electron chi connectivity index (χ3n) is 3.06. The fraction of sp³-hybridized carbons (Fsp3) is 0.0625. The van der Waals surface area contributed by atoms with E-state index in [9.17, 15) is 0 Å². The lowest BCUT2D eigenvalue weighted by molar-refractivity contribution is 1.20. The van der Waals surface area contributed by atoms with Crippen LogP contribution in [-0.4, -0.2) is 4.98 Å². The van der Waals surface area contributed by atoms with E-state index in [4.69, 9.17) is 5.73 Å². The maximum atomic E-state index is 5.78. The molecule has 2 heteroatoms. The summed E-state index contributed by atoms with van der Waals surface area (Å²) in [6.07, 6.45) is 0.884. The van der Waals surface area contributed by atoms with Gasteiger partial charge in [-0.15, -0.1) is 0 Å². The Morgan fingerprint density at radius 1 is 0.833 bits per heavy atom. The maximum absolute atomic E-state index is 5.78. The largest absolute Gasteiger partial charge is 0.384 e. The molecule has 2 nitrogen and oxygen atoms in total. The lowest BCUT2D eigenvalue weighted by Gasteiger charge is -2.06. The molecule has 0 atom stereocenters. The van der Waals surface area contributed by atoms with Crippen LogP contribution in [0.1, 0.15) is 11.1 Å². The van der Waals surface area contributed by atoms with Crippen molar-refractivity contribution in [3.63, 3.8) is 0 Å². The van der Waals surface area contributed by atoms with Gasteiger partial charge in [-0.3, -0.25) is 0 Å². The van der Waals surface area contributed by atoms with E-state index in [2.05, 4.69) is 47.4 Å². The summed E-state index contributed by atoms with van der Waals surface area (Å²) in [6.45, 7) is 0. The number of para-hydroxylation sites is 1. The second-order valence-electron chi connectivity index (χ2n) is 4.39. The molecule has 2 aromatic carbocycles. The van der Waals surface area contributed by atoms with Crippen molar-refractivity contribution in [3.8, 4) is 0 Å². The van der Waals surface area contributed by atoms with Crippen LogP contribution in [0.15, 0.2) is 60.7 Å². The van der Waals surface area contributed by atoms with Gasteiger partial charge in [0.05, 0.1) is 5.52 Å². The normalized spacial score (nSPS) is 10.7. The van der Waals surface area contributed by atoms with E-state index in [1.807, 2.05) is 18.2 Å². The summed E-state index contributed by atoms with van der Waals surface area (Å²) < 4.78 is 0. The van der Waals surface area contributed by atoms with E-state index in [1.54, 1.807) is 0 Å². The summed E-state index contributed by atoms with van der Waals surface area (Å²) in [5.41, 5.74) is 9.28. The van der Waals surface area contributed by atoms with Gasteiger partial charge in [-0.05, 0) is 29.7 Å². The minimum Gasteiger partial charge on any atom is -0.384 e. The number of nitrogen functional groups attached to an aromatic ring is 1. The zero-order chi connectivity index (χ0) is 12.4. The fourth-order valence-electron chi connectivity index (χ4n) is 2.18. The Kier molecular flexibility index (Phi) is 2.69. The van der Waals surface area contributed by atoms with E-state index < -0.39 is 0 Å². The minimum atomic E-state index is 0.572. The topological polar surface area (TPSA) is 38.9 Å². The van der Waals surface area contributed by atoms with Crippen LogP contribution >= 0.6 is 0 Å². The molecule has 0 fully saturated rings. The number of rotatable bonds is 2. The predicted molar refractivity (Wildman–Crippen MR) is 75.4 cm³/mol. The SMILES string of the molecule is Nc1ccc2cccc(Cc3ccccc3)c2n1. The average Bonchev–Trinajstić information content (AvgIpc) is 2.41. The van der Waals surface area contributed by atoms with Crippen LogP contribution < -0.4 is 5.73 Å². The first-order valence-corrected chi connectivity index (χ1v) is 6.01. The quantitative estimate of drug-likeness (QED) is 0.738. The molecule has 88 valence electrons. The molecule has 1 aromatic heterocycles. The van der Waals surface area contributed by atoms with E-state index >= 15 is 0 Å². The molecule has 1 heterocycles. The van der Waals surface area contributed by atoms with Gasteiger partial charge in [0.2, 0.25) is 0 Å². The number of benzene rings is 2. The Bertz CT molecular complexity index is 675. The van der Waals surface area contributed by atoms with E-state index in [-0.39, 0.29) is 0 Å². The molecule has 0 aliphatic rings. The summed E-state index contributed by atoms with van der Waals surface area (Å²) in [7, 11) is 0. The number of nitrogens with zero attached hydrogens (tertiary/aromatic N) is 1. The van der Waals surface area contributed by atoms with Crippen LogP contribution in [0.5, 0.6) is 0 Å². The van der Waals surface area contributed by atoms with Gasteiger partial charge >= 0.3 is 0 Å². The zero-order valence-electron chi connectivity index (χ0n) is 10.0. The van der Waals surface area contributed by atoms with Gasteiger partial charge in [-0.25, -0.2) is 4.98 Å². The van der Waals surface area contributed by atoms with E-state index in [0.29, 0.717) is 5.82 Å².